The van der Waals surface area contributed by atoms with Crippen LogP contribution in [0.4, 0.5) is 17.1 Å². The van der Waals surface area contributed by atoms with Gasteiger partial charge in [-0.1, -0.05) is 165 Å². The summed E-state index contributed by atoms with van der Waals surface area (Å²) in [5.41, 5.74) is 22.1. The smallest absolute Gasteiger partial charge is 0.0542 e. The number of aryl methyl sites for hydroxylation is 2. The van der Waals surface area contributed by atoms with Crippen molar-refractivity contribution in [1.29, 1.82) is 0 Å². The second-order valence-electron chi connectivity index (χ2n) is 17.2. The minimum absolute atomic E-state index is 0.159. The summed E-state index contributed by atoms with van der Waals surface area (Å²) in [6, 6.07) is 76.0. The molecule has 0 amide bonds. The third kappa shape index (κ3) is 6.26. The normalized spacial score (nSPS) is 12.7. The topological polar surface area (TPSA) is 8.17 Å². The standard InChI is InChI=1S/C59H46N2/c1-39-33-40(2)35-46(34-39)45-23-30-51-52-31-28-50(38-56(52)59(3,4)55(51)36-45)61-57-18-12-11-17-53(57)54-37-49(29-32-58(54)61)60(47-24-19-43(20-25-47)41-13-7-5-8-14-41)48-26-21-44(22-27-48)42-15-9-6-10-16-42/h5-38H,1-4H3. The minimum atomic E-state index is -0.159. The molecule has 292 valence electrons. The van der Waals surface area contributed by atoms with Crippen LogP contribution in [0.25, 0.3) is 72.0 Å². The van der Waals surface area contributed by atoms with Crippen molar-refractivity contribution in [2.75, 3.05) is 4.90 Å². The molecule has 0 saturated heterocycles. The van der Waals surface area contributed by atoms with E-state index >= 15 is 0 Å². The van der Waals surface area contributed by atoms with Crippen LogP contribution in [-0.2, 0) is 5.41 Å². The van der Waals surface area contributed by atoms with Crippen LogP contribution >= 0.6 is 0 Å². The molecule has 10 aromatic rings. The van der Waals surface area contributed by atoms with E-state index in [2.05, 4.69) is 243 Å². The first-order valence-electron chi connectivity index (χ1n) is 21.3. The molecule has 1 aromatic heterocycles. The number of benzene rings is 9. The van der Waals surface area contributed by atoms with Crippen molar-refractivity contribution >= 4 is 38.9 Å². The summed E-state index contributed by atoms with van der Waals surface area (Å²) in [4.78, 5) is 2.39. The maximum absolute atomic E-state index is 2.46. The highest BCUT2D eigenvalue weighted by molar-refractivity contribution is 6.11. The highest BCUT2D eigenvalue weighted by atomic mass is 15.1. The summed E-state index contributed by atoms with van der Waals surface area (Å²) in [6.07, 6.45) is 0. The van der Waals surface area contributed by atoms with E-state index in [1.807, 2.05) is 0 Å². The molecule has 0 aliphatic heterocycles. The van der Waals surface area contributed by atoms with Crippen LogP contribution < -0.4 is 4.90 Å². The molecular weight excluding hydrogens is 737 g/mol. The molecule has 0 fully saturated rings. The Kier molecular flexibility index (Phi) is 8.65. The Morgan fingerprint density at radius 1 is 0.361 bits per heavy atom. The third-order valence-electron chi connectivity index (χ3n) is 12.9. The lowest BCUT2D eigenvalue weighted by atomic mass is 9.81. The molecule has 11 rings (SSSR count). The van der Waals surface area contributed by atoms with Gasteiger partial charge in [-0.2, -0.15) is 0 Å². The van der Waals surface area contributed by atoms with Crippen LogP contribution in [0.3, 0.4) is 0 Å². The predicted octanol–water partition coefficient (Wildman–Crippen LogP) is 16.2. The average molecular weight is 783 g/mol. The molecule has 2 heteroatoms. The molecule has 0 unspecified atom stereocenters. The fraction of sp³-hybridized carbons (Fsp3) is 0.0847. The van der Waals surface area contributed by atoms with Gasteiger partial charge in [-0.25, -0.2) is 0 Å². The molecule has 0 atom stereocenters. The predicted molar refractivity (Wildman–Crippen MR) is 259 cm³/mol. The number of fused-ring (bicyclic) bond motifs is 6. The molecule has 9 aromatic carbocycles. The van der Waals surface area contributed by atoms with Crippen molar-refractivity contribution in [3.63, 3.8) is 0 Å². The number of hydrogen-bond donors (Lipinski definition) is 0. The number of para-hydroxylation sites is 1. The Balaban J connectivity index is 1.02. The molecule has 1 heterocycles. The van der Waals surface area contributed by atoms with Gasteiger partial charge in [0.25, 0.3) is 0 Å². The Morgan fingerprint density at radius 3 is 1.48 bits per heavy atom. The quantitative estimate of drug-likeness (QED) is 0.156. The summed E-state index contributed by atoms with van der Waals surface area (Å²) in [5, 5.41) is 2.46. The highest BCUT2D eigenvalue weighted by Crippen LogP contribution is 2.51. The summed E-state index contributed by atoms with van der Waals surface area (Å²) >= 11 is 0. The van der Waals surface area contributed by atoms with Crippen molar-refractivity contribution in [2.45, 2.75) is 33.1 Å². The molecule has 0 radical (unpaired) electrons. The monoisotopic (exact) mass is 782 g/mol. The maximum atomic E-state index is 2.46. The molecule has 2 nitrogen and oxygen atoms in total. The van der Waals surface area contributed by atoms with E-state index in [0.29, 0.717) is 0 Å². The van der Waals surface area contributed by atoms with Crippen LogP contribution in [0.1, 0.15) is 36.1 Å². The number of rotatable bonds is 7. The van der Waals surface area contributed by atoms with Gasteiger partial charge in [-0.15, -0.1) is 0 Å². The molecular formula is C59H46N2. The summed E-state index contributed by atoms with van der Waals surface area (Å²) in [7, 11) is 0. The fourth-order valence-corrected chi connectivity index (χ4v) is 9.88. The van der Waals surface area contributed by atoms with Crippen molar-refractivity contribution in [1.82, 2.24) is 4.57 Å². The first kappa shape index (κ1) is 36.6. The van der Waals surface area contributed by atoms with Crippen molar-refractivity contribution in [2.24, 2.45) is 0 Å². The number of anilines is 3. The van der Waals surface area contributed by atoms with Crippen molar-refractivity contribution < 1.29 is 0 Å². The van der Waals surface area contributed by atoms with Crippen LogP contribution in [-0.4, -0.2) is 4.57 Å². The van der Waals surface area contributed by atoms with Gasteiger partial charge in [0.05, 0.1) is 11.0 Å². The van der Waals surface area contributed by atoms with Crippen LogP contribution in [0.2, 0.25) is 0 Å². The van der Waals surface area contributed by atoms with E-state index in [0.717, 1.165) is 17.1 Å². The first-order valence-corrected chi connectivity index (χ1v) is 21.3. The molecule has 0 bridgehead atoms. The van der Waals surface area contributed by atoms with Gasteiger partial charge in [-0.05, 0) is 136 Å². The zero-order valence-electron chi connectivity index (χ0n) is 35.0. The average Bonchev–Trinajstić information content (AvgIpc) is 3.74. The molecule has 0 spiro atoms. The van der Waals surface area contributed by atoms with Gasteiger partial charge >= 0.3 is 0 Å². The van der Waals surface area contributed by atoms with Crippen molar-refractivity contribution in [3.05, 3.63) is 229 Å². The lowest BCUT2D eigenvalue weighted by Crippen LogP contribution is -2.15. The summed E-state index contributed by atoms with van der Waals surface area (Å²) < 4.78 is 2.46. The highest BCUT2D eigenvalue weighted by Gasteiger charge is 2.36. The number of aromatic nitrogens is 1. The van der Waals surface area contributed by atoms with Gasteiger partial charge < -0.3 is 9.47 Å². The minimum Gasteiger partial charge on any atom is -0.310 e. The van der Waals surface area contributed by atoms with E-state index in [9.17, 15) is 0 Å². The van der Waals surface area contributed by atoms with Crippen molar-refractivity contribution in [3.8, 4) is 50.2 Å². The summed E-state index contributed by atoms with van der Waals surface area (Å²) in [5.74, 6) is 0. The van der Waals surface area contributed by atoms with Gasteiger partial charge in [0.2, 0.25) is 0 Å². The lowest BCUT2D eigenvalue weighted by Gasteiger charge is -2.26. The molecule has 61 heavy (non-hydrogen) atoms. The fourth-order valence-electron chi connectivity index (χ4n) is 9.88. The first-order chi connectivity index (χ1) is 29.8. The van der Waals surface area contributed by atoms with Crippen LogP contribution in [0.15, 0.2) is 206 Å². The molecule has 1 aliphatic carbocycles. The van der Waals surface area contributed by atoms with E-state index < -0.39 is 0 Å². The van der Waals surface area contributed by atoms with Gasteiger partial charge in [-0.3, -0.25) is 0 Å². The Hall–Kier alpha value is -7.42. The van der Waals surface area contributed by atoms with E-state index in [4.69, 9.17) is 0 Å². The van der Waals surface area contributed by atoms with E-state index in [-0.39, 0.29) is 5.41 Å². The Morgan fingerprint density at radius 2 is 0.852 bits per heavy atom. The van der Waals surface area contributed by atoms with E-state index in [1.54, 1.807) is 0 Å². The zero-order chi connectivity index (χ0) is 41.2. The van der Waals surface area contributed by atoms with Gasteiger partial charge in [0.1, 0.15) is 0 Å². The SMILES string of the molecule is Cc1cc(C)cc(-c2ccc3c(c2)C(C)(C)c2cc(-n4c5ccccc5c5cc(N(c6ccc(-c7ccccc7)cc6)c6ccc(-c7ccccc7)cc6)ccc54)ccc2-3)c1. The third-order valence-corrected chi connectivity index (χ3v) is 12.9. The van der Waals surface area contributed by atoms with Gasteiger partial charge in [0, 0.05) is 38.9 Å². The largest absolute Gasteiger partial charge is 0.310 e. The maximum Gasteiger partial charge on any atom is 0.0542 e. The molecule has 1 aliphatic rings. The number of hydrogen-bond acceptors (Lipinski definition) is 1. The summed E-state index contributed by atoms with van der Waals surface area (Å²) in [6.45, 7) is 9.15. The second-order valence-corrected chi connectivity index (χ2v) is 17.2. The zero-order valence-corrected chi connectivity index (χ0v) is 35.0. The Bertz CT molecular complexity index is 3160. The molecule has 0 saturated carbocycles. The molecule has 0 N–H and O–H groups in total. The van der Waals surface area contributed by atoms with E-state index in [1.165, 1.54) is 94.3 Å². The van der Waals surface area contributed by atoms with Crippen LogP contribution in [0, 0.1) is 13.8 Å². The van der Waals surface area contributed by atoms with Gasteiger partial charge in [0.15, 0.2) is 0 Å². The Labute approximate surface area is 358 Å². The second kappa shape index (κ2) is 14.4. The lowest BCUT2D eigenvalue weighted by molar-refractivity contribution is 0.660. The number of nitrogens with zero attached hydrogens (tertiary/aromatic N) is 2. The van der Waals surface area contributed by atoms with Crippen LogP contribution in [0.5, 0.6) is 0 Å².